The number of aryl methyl sites for hydroxylation is 2. The largest absolute Gasteiger partial charge is 0.218 e. The Balaban J connectivity index is 0.000000612. The van der Waals surface area contributed by atoms with E-state index in [-0.39, 0.29) is 0 Å². The Morgan fingerprint density at radius 1 is 0.800 bits per heavy atom. The molecule has 2 aromatic carbocycles. The van der Waals surface area contributed by atoms with Crippen molar-refractivity contribution in [2.75, 3.05) is 2.43 Å². The molecule has 0 saturated heterocycles. The van der Waals surface area contributed by atoms with Crippen LogP contribution < -0.4 is 0 Å². The first-order chi connectivity index (χ1) is 9.45. The van der Waals surface area contributed by atoms with E-state index in [1.165, 1.54) is 2.43 Å². The normalized spacial score (nSPS) is 10.6. The summed E-state index contributed by atoms with van der Waals surface area (Å²) < 4.78 is 26.1. The van der Waals surface area contributed by atoms with Crippen LogP contribution in [-0.4, -0.2) is 10.9 Å². The number of halogens is 2. The Morgan fingerprint density at radius 3 is 1.40 bits per heavy atom. The van der Waals surface area contributed by atoms with E-state index in [0.29, 0.717) is 9.79 Å². The molecule has 0 atom stereocenters. The third kappa shape index (κ3) is 4.42. The van der Waals surface area contributed by atoms with Gasteiger partial charge in [0.25, 0.3) is 0 Å². The second-order valence-corrected chi connectivity index (χ2v) is 10.5. The first-order valence-electron chi connectivity index (χ1n) is 5.93. The zero-order chi connectivity index (χ0) is 15.2. The van der Waals surface area contributed by atoms with E-state index in [9.17, 15) is 8.42 Å². The lowest BCUT2D eigenvalue weighted by molar-refractivity contribution is 0.595. The minimum Gasteiger partial charge on any atom is -0.218 e. The fourth-order valence-electron chi connectivity index (χ4n) is 1.83. The highest BCUT2D eigenvalue weighted by atomic mass is 127. The van der Waals surface area contributed by atoms with Gasteiger partial charge in [-0.1, -0.05) is 81.6 Å². The van der Waals surface area contributed by atoms with E-state index in [0.717, 1.165) is 11.1 Å². The molecular weight excluding hydrogens is 498 g/mol. The number of alkyl halides is 2. The smallest absolute Gasteiger partial charge is 0.207 e. The van der Waals surface area contributed by atoms with Crippen molar-refractivity contribution in [2.45, 2.75) is 23.6 Å². The zero-order valence-electron chi connectivity index (χ0n) is 11.3. The highest BCUT2D eigenvalue weighted by Crippen LogP contribution is 2.25. The van der Waals surface area contributed by atoms with Gasteiger partial charge < -0.3 is 0 Å². The van der Waals surface area contributed by atoms with E-state index < -0.39 is 9.84 Å². The quantitative estimate of drug-likeness (QED) is 0.420. The minimum absolute atomic E-state index is 0.384. The van der Waals surface area contributed by atoms with Crippen LogP contribution in [0.3, 0.4) is 0 Å². The van der Waals surface area contributed by atoms with Gasteiger partial charge in [-0.2, -0.15) is 0 Å². The standard InChI is InChI=1S/C14H14O2S.CH2I2/c1-11-7-3-5-9-13(11)17(15,16)14-10-6-4-8-12(14)2;2-1-3/h3-10H,1-2H3;1H2. The second kappa shape index (κ2) is 8.33. The van der Waals surface area contributed by atoms with Gasteiger partial charge in [-0.05, 0) is 37.1 Å². The van der Waals surface area contributed by atoms with Crippen LogP contribution in [0.2, 0.25) is 0 Å². The first kappa shape index (κ1) is 17.9. The van der Waals surface area contributed by atoms with Crippen molar-refractivity contribution in [3.63, 3.8) is 0 Å². The van der Waals surface area contributed by atoms with Crippen molar-refractivity contribution in [1.29, 1.82) is 0 Å². The van der Waals surface area contributed by atoms with Crippen LogP contribution in [0.5, 0.6) is 0 Å². The Labute approximate surface area is 148 Å². The monoisotopic (exact) mass is 514 g/mol. The predicted molar refractivity (Wildman–Crippen MR) is 101 cm³/mol. The number of hydrogen-bond acceptors (Lipinski definition) is 2. The summed E-state index contributed by atoms with van der Waals surface area (Å²) in [5.74, 6) is 0. The summed E-state index contributed by atoms with van der Waals surface area (Å²) in [7, 11) is -3.40. The summed E-state index contributed by atoms with van der Waals surface area (Å²) in [5, 5.41) is 0. The minimum atomic E-state index is -3.40. The van der Waals surface area contributed by atoms with E-state index in [2.05, 4.69) is 45.2 Å². The molecule has 0 saturated carbocycles. The maximum absolute atomic E-state index is 12.5. The molecule has 0 N–H and O–H groups in total. The highest BCUT2D eigenvalue weighted by molar-refractivity contribution is 14.2. The summed E-state index contributed by atoms with van der Waals surface area (Å²) in [6.07, 6.45) is 0. The molecule has 0 aliphatic rings. The molecule has 20 heavy (non-hydrogen) atoms. The molecular formula is C15H16I2O2S. The molecule has 2 nitrogen and oxygen atoms in total. The number of sulfone groups is 1. The third-order valence-electron chi connectivity index (χ3n) is 2.77. The van der Waals surface area contributed by atoms with Gasteiger partial charge in [0.05, 0.1) is 12.2 Å². The number of rotatable bonds is 2. The Bertz CT molecular complexity index is 616. The van der Waals surface area contributed by atoms with Gasteiger partial charge in [-0.15, -0.1) is 0 Å². The lowest BCUT2D eigenvalue weighted by atomic mass is 10.2. The van der Waals surface area contributed by atoms with Crippen molar-refractivity contribution in [3.8, 4) is 0 Å². The lowest BCUT2D eigenvalue weighted by Gasteiger charge is -2.09. The molecule has 0 bridgehead atoms. The Morgan fingerprint density at radius 2 is 1.10 bits per heavy atom. The highest BCUT2D eigenvalue weighted by Gasteiger charge is 2.20. The van der Waals surface area contributed by atoms with Gasteiger partial charge in [0, 0.05) is 0 Å². The molecule has 0 spiro atoms. The number of benzene rings is 2. The second-order valence-electron chi connectivity index (χ2n) is 4.14. The van der Waals surface area contributed by atoms with Gasteiger partial charge in [0.1, 0.15) is 0 Å². The van der Waals surface area contributed by atoms with Crippen molar-refractivity contribution >= 4 is 55.0 Å². The molecule has 0 amide bonds. The van der Waals surface area contributed by atoms with Gasteiger partial charge in [-0.3, -0.25) is 0 Å². The molecule has 5 heteroatoms. The molecule has 2 aromatic rings. The fourth-order valence-corrected chi connectivity index (χ4v) is 3.57. The molecule has 0 aliphatic heterocycles. The molecule has 0 unspecified atom stereocenters. The molecule has 2 rings (SSSR count). The average molecular weight is 514 g/mol. The Kier molecular flexibility index (Phi) is 7.46. The van der Waals surface area contributed by atoms with Crippen LogP contribution in [0.1, 0.15) is 11.1 Å². The molecule has 0 aromatic heterocycles. The van der Waals surface area contributed by atoms with Gasteiger partial charge >= 0.3 is 0 Å². The molecule has 108 valence electrons. The third-order valence-corrected chi connectivity index (χ3v) is 4.84. The van der Waals surface area contributed by atoms with Gasteiger partial charge in [-0.25, -0.2) is 8.42 Å². The summed E-state index contributed by atoms with van der Waals surface area (Å²) >= 11 is 4.55. The molecule has 0 heterocycles. The van der Waals surface area contributed by atoms with Crippen LogP contribution in [0, 0.1) is 13.8 Å². The van der Waals surface area contributed by atoms with Crippen LogP contribution in [0.15, 0.2) is 58.3 Å². The maximum atomic E-state index is 12.5. The van der Waals surface area contributed by atoms with E-state index in [1.807, 2.05) is 38.1 Å². The van der Waals surface area contributed by atoms with Crippen LogP contribution in [-0.2, 0) is 9.84 Å². The summed E-state index contributed by atoms with van der Waals surface area (Å²) in [6, 6.07) is 14.1. The van der Waals surface area contributed by atoms with Crippen LogP contribution >= 0.6 is 45.2 Å². The molecule has 0 aliphatic carbocycles. The Hall–Kier alpha value is -0.150. The van der Waals surface area contributed by atoms with Gasteiger partial charge in [0.2, 0.25) is 9.84 Å². The van der Waals surface area contributed by atoms with E-state index in [4.69, 9.17) is 0 Å². The fraction of sp³-hybridized carbons (Fsp3) is 0.200. The van der Waals surface area contributed by atoms with Crippen molar-refractivity contribution in [1.82, 2.24) is 0 Å². The maximum Gasteiger partial charge on any atom is 0.207 e. The van der Waals surface area contributed by atoms with Crippen molar-refractivity contribution in [2.24, 2.45) is 0 Å². The molecule has 0 radical (unpaired) electrons. The van der Waals surface area contributed by atoms with E-state index >= 15 is 0 Å². The van der Waals surface area contributed by atoms with Crippen LogP contribution in [0.25, 0.3) is 0 Å². The topological polar surface area (TPSA) is 34.1 Å². The first-order valence-corrected chi connectivity index (χ1v) is 10.5. The summed E-state index contributed by atoms with van der Waals surface area (Å²) in [4.78, 5) is 0.767. The SMILES string of the molecule is Cc1ccccc1S(=O)(=O)c1ccccc1C.ICI. The number of hydrogen-bond donors (Lipinski definition) is 0. The molecule has 0 fully saturated rings. The van der Waals surface area contributed by atoms with Crippen molar-refractivity contribution < 1.29 is 8.42 Å². The predicted octanol–water partition coefficient (Wildman–Crippen LogP) is 4.95. The van der Waals surface area contributed by atoms with Crippen molar-refractivity contribution in [3.05, 3.63) is 59.7 Å². The summed E-state index contributed by atoms with van der Waals surface area (Å²) in [5.41, 5.74) is 1.55. The lowest BCUT2D eigenvalue weighted by Crippen LogP contribution is -2.05. The average Bonchev–Trinajstić information content (AvgIpc) is 2.40. The summed E-state index contributed by atoms with van der Waals surface area (Å²) in [6.45, 7) is 3.62. The zero-order valence-corrected chi connectivity index (χ0v) is 16.4. The van der Waals surface area contributed by atoms with Gasteiger partial charge in [0.15, 0.2) is 0 Å². The van der Waals surface area contributed by atoms with E-state index in [1.54, 1.807) is 24.3 Å². The van der Waals surface area contributed by atoms with Crippen LogP contribution in [0.4, 0.5) is 0 Å².